The highest BCUT2D eigenvalue weighted by Crippen LogP contribution is 2.58. The van der Waals surface area contributed by atoms with Crippen molar-refractivity contribution in [2.75, 3.05) is 13.7 Å². The number of esters is 1. The lowest BCUT2D eigenvalue weighted by Crippen LogP contribution is -2.41. The highest BCUT2D eigenvalue weighted by atomic mass is 127. The van der Waals surface area contributed by atoms with E-state index in [1.165, 1.54) is 12.8 Å². The molecule has 0 aliphatic heterocycles. The van der Waals surface area contributed by atoms with E-state index in [0.717, 1.165) is 40.2 Å². The monoisotopic (exact) mass is 484 g/mol. The van der Waals surface area contributed by atoms with E-state index in [1.54, 1.807) is 13.2 Å². The highest BCUT2D eigenvalue weighted by molar-refractivity contribution is 14.1. The third kappa shape index (κ3) is 4.44. The van der Waals surface area contributed by atoms with Gasteiger partial charge < -0.3 is 14.2 Å². The van der Waals surface area contributed by atoms with Crippen LogP contribution in [0.1, 0.15) is 51.5 Å². The summed E-state index contributed by atoms with van der Waals surface area (Å²) >= 11 is 2.18. The van der Waals surface area contributed by atoms with Crippen LogP contribution in [0.5, 0.6) is 11.5 Å². The molecule has 27 heavy (non-hydrogen) atoms. The minimum Gasteiger partial charge on any atom is -0.493 e. The minimum absolute atomic E-state index is 0.105. The van der Waals surface area contributed by atoms with Gasteiger partial charge in [0.25, 0.3) is 0 Å². The molecule has 4 unspecified atom stereocenters. The molecule has 1 aromatic carbocycles. The van der Waals surface area contributed by atoms with Crippen LogP contribution in [-0.2, 0) is 9.53 Å². The second-order valence-corrected chi connectivity index (χ2v) is 8.94. The molecule has 4 nitrogen and oxygen atoms in total. The molecule has 148 valence electrons. The summed E-state index contributed by atoms with van der Waals surface area (Å²) in [5.41, 5.74) is 0.630. The summed E-state index contributed by atoms with van der Waals surface area (Å²) in [6.45, 7) is 8.05. The molecule has 0 heterocycles. The Bertz CT molecular complexity index is 717. The molecule has 2 fully saturated rings. The molecule has 0 N–H and O–H groups in total. The average Bonchev–Trinajstić information content (AvgIpc) is 3.44. The van der Waals surface area contributed by atoms with Crippen LogP contribution in [0.3, 0.4) is 0 Å². The van der Waals surface area contributed by atoms with Gasteiger partial charge in [0.15, 0.2) is 18.1 Å². The summed E-state index contributed by atoms with van der Waals surface area (Å²) in [7, 11) is 1.59. The van der Waals surface area contributed by atoms with Crippen LogP contribution in [0.2, 0.25) is 0 Å². The zero-order valence-corrected chi connectivity index (χ0v) is 18.6. The fourth-order valence-electron chi connectivity index (χ4n) is 4.56. The van der Waals surface area contributed by atoms with Gasteiger partial charge in [-0.3, -0.25) is 0 Å². The van der Waals surface area contributed by atoms with Crippen LogP contribution in [-0.4, -0.2) is 25.3 Å². The van der Waals surface area contributed by atoms with Gasteiger partial charge in [-0.2, -0.15) is 0 Å². The van der Waals surface area contributed by atoms with Crippen molar-refractivity contribution in [1.82, 2.24) is 0 Å². The lowest BCUT2D eigenvalue weighted by molar-refractivity contribution is -0.168. The molecule has 2 aliphatic rings. The number of benzene rings is 1. The molecule has 2 saturated carbocycles. The topological polar surface area (TPSA) is 44.8 Å². The zero-order chi connectivity index (χ0) is 19.6. The number of ether oxygens (including phenoxy) is 3. The van der Waals surface area contributed by atoms with E-state index in [-0.39, 0.29) is 18.2 Å². The molecule has 0 radical (unpaired) electrons. The fourth-order valence-corrected chi connectivity index (χ4v) is 5.35. The van der Waals surface area contributed by atoms with Crippen LogP contribution in [0.4, 0.5) is 0 Å². The first kappa shape index (κ1) is 20.5. The van der Waals surface area contributed by atoms with Crippen LogP contribution < -0.4 is 9.47 Å². The predicted octanol–water partition coefficient (Wildman–Crippen LogP) is 5.47. The molecular weight excluding hydrogens is 455 g/mol. The average molecular weight is 484 g/mol. The number of halogens is 1. The number of carbonyl (C=O) groups is 1. The summed E-state index contributed by atoms with van der Waals surface area (Å²) in [6.07, 6.45) is 7.09. The van der Waals surface area contributed by atoms with Crippen molar-refractivity contribution in [3.8, 4) is 11.5 Å². The van der Waals surface area contributed by atoms with E-state index >= 15 is 0 Å². The van der Waals surface area contributed by atoms with Gasteiger partial charge in [0.2, 0.25) is 0 Å². The molecule has 2 aliphatic carbocycles. The summed E-state index contributed by atoms with van der Waals surface area (Å²) in [5.74, 6) is 3.16. The van der Waals surface area contributed by atoms with Crippen molar-refractivity contribution in [1.29, 1.82) is 0 Å². The van der Waals surface area contributed by atoms with Crippen molar-refractivity contribution in [3.05, 3.63) is 27.8 Å². The Labute approximate surface area is 175 Å². The van der Waals surface area contributed by atoms with Crippen LogP contribution >= 0.6 is 22.6 Å². The lowest BCUT2D eigenvalue weighted by atomic mass is 9.75. The largest absolute Gasteiger partial charge is 0.493 e. The third-order valence-electron chi connectivity index (χ3n) is 6.17. The second-order valence-electron chi connectivity index (χ2n) is 7.77. The van der Waals surface area contributed by atoms with Crippen LogP contribution in [0, 0.1) is 21.3 Å². The Hall–Kier alpha value is -1.24. The van der Waals surface area contributed by atoms with Crippen molar-refractivity contribution >= 4 is 34.6 Å². The smallest absolute Gasteiger partial charge is 0.344 e. The Morgan fingerprint density at radius 2 is 2.15 bits per heavy atom. The Kier molecular flexibility index (Phi) is 6.39. The number of methoxy groups -OCH3 is 1. The van der Waals surface area contributed by atoms with Gasteiger partial charge >= 0.3 is 5.97 Å². The van der Waals surface area contributed by atoms with Crippen LogP contribution in [0.25, 0.3) is 6.08 Å². The van der Waals surface area contributed by atoms with E-state index < -0.39 is 0 Å². The normalized spacial score (nSPS) is 28.8. The number of hydrogen-bond donors (Lipinski definition) is 0. The summed E-state index contributed by atoms with van der Waals surface area (Å²) in [6, 6.07) is 3.80. The first-order valence-corrected chi connectivity index (χ1v) is 10.9. The van der Waals surface area contributed by atoms with E-state index in [0.29, 0.717) is 17.4 Å². The number of carbonyl (C=O) groups excluding carboxylic acids is 1. The maximum absolute atomic E-state index is 12.6. The molecule has 5 heteroatoms. The molecule has 0 saturated heterocycles. The van der Waals surface area contributed by atoms with Crippen LogP contribution in [0.15, 0.2) is 18.7 Å². The molecule has 4 atom stereocenters. The number of hydrogen-bond acceptors (Lipinski definition) is 4. The zero-order valence-electron chi connectivity index (χ0n) is 16.4. The predicted molar refractivity (Wildman–Crippen MR) is 115 cm³/mol. The Morgan fingerprint density at radius 1 is 1.37 bits per heavy atom. The van der Waals surface area contributed by atoms with Gasteiger partial charge in [0.1, 0.15) is 5.60 Å². The summed E-state index contributed by atoms with van der Waals surface area (Å²) in [5, 5.41) is 0. The van der Waals surface area contributed by atoms with Crippen molar-refractivity contribution in [3.63, 3.8) is 0 Å². The van der Waals surface area contributed by atoms with Gasteiger partial charge in [-0.05, 0) is 83.7 Å². The highest BCUT2D eigenvalue weighted by Gasteiger charge is 2.54. The lowest BCUT2D eigenvalue weighted by Gasteiger charge is -2.39. The van der Waals surface area contributed by atoms with E-state index in [9.17, 15) is 4.79 Å². The molecule has 0 amide bonds. The van der Waals surface area contributed by atoms with Crippen molar-refractivity contribution in [2.24, 2.45) is 17.8 Å². The Balaban J connectivity index is 1.65. The molecule has 3 rings (SSSR count). The van der Waals surface area contributed by atoms with Gasteiger partial charge in [0, 0.05) is 0 Å². The van der Waals surface area contributed by atoms with Crippen molar-refractivity contribution < 1.29 is 19.0 Å². The summed E-state index contributed by atoms with van der Waals surface area (Å²) < 4.78 is 18.1. The van der Waals surface area contributed by atoms with E-state index in [1.807, 2.05) is 12.1 Å². The Morgan fingerprint density at radius 3 is 2.78 bits per heavy atom. The first-order valence-electron chi connectivity index (χ1n) is 9.79. The van der Waals surface area contributed by atoms with Crippen molar-refractivity contribution in [2.45, 2.75) is 51.6 Å². The first-order chi connectivity index (χ1) is 12.9. The van der Waals surface area contributed by atoms with E-state index in [4.69, 9.17) is 14.2 Å². The fraction of sp³-hybridized carbons (Fsp3) is 0.591. The molecule has 0 bridgehead atoms. The van der Waals surface area contributed by atoms with Gasteiger partial charge in [-0.1, -0.05) is 32.9 Å². The molecule has 0 spiro atoms. The van der Waals surface area contributed by atoms with E-state index in [2.05, 4.69) is 43.0 Å². The molecule has 0 aromatic heterocycles. The molecular formula is C22H29IO4. The second kappa shape index (κ2) is 8.41. The maximum atomic E-state index is 12.6. The van der Waals surface area contributed by atoms with Gasteiger partial charge in [-0.15, -0.1) is 0 Å². The van der Waals surface area contributed by atoms with Gasteiger partial charge in [0.05, 0.1) is 10.7 Å². The van der Waals surface area contributed by atoms with Gasteiger partial charge in [-0.25, -0.2) is 4.79 Å². The quantitative estimate of drug-likeness (QED) is 0.363. The standard InChI is InChI=1S/C22H29IO4/c1-5-14-8-18(23)21(19(9-14)25-4)26-13-20(24)27-22(7-3)11-15(6-2)17-10-16(17)12-22/h5,8-9,15-17H,1,6-7,10-13H2,2-4H3. The third-order valence-corrected chi connectivity index (χ3v) is 6.97. The maximum Gasteiger partial charge on any atom is 0.344 e. The summed E-state index contributed by atoms with van der Waals surface area (Å²) in [4.78, 5) is 12.6. The minimum atomic E-state index is -0.317. The SMILES string of the molecule is C=Cc1cc(I)c(OCC(=O)OC2(CC)CC(CC)C3CC3C2)c(OC)c1. The number of rotatable bonds is 8. The number of fused-ring (bicyclic) bond motifs is 1. The molecule has 1 aromatic rings.